The zero-order chi connectivity index (χ0) is 15.2. The lowest BCUT2D eigenvalue weighted by Gasteiger charge is -2.31. The molecule has 0 bridgehead atoms. The Balaban J connectivity index is 1.41. The van der Waals surface area contributed by atoms with Gasteiger partial charge in [-0.05, 0) is 56.9 Å². The van der Waals surface area contributed by atoms with Gasteiger partial charge in [0.25, 0.3) is 0 Å². The third-order valence-electron chi connectivity index (χ3n) is 4.94. The summed E-state index contributed by atoms with van der Waals surface area (Å²) >= 11 is 0. The second kappa shape index (κ2) is 7.73. The maximum Gasteiger partial charge on any atom is 0.113 e. The molecule has 0 aliphatic carbocycles. The highest BCUT2D eigenvalue weighted by molar-refractivity contribution is 5.73. The van der Waals surface area contributed by atoms with Crippen LogP contribution in [0.15, 0.2) is 24.3 Å². The molecule has 1 aliphatic rings. The Labute approximate surface area is 133 Å². The third-order valence-corrected chi connectivity index (χ3v) is 4.94. The van der Waals surface area contributed by atoms with E-state index in [4.69, 9.17) is 0 Å². The van der Waals surface area contributed by atoms with Gasteiger partial charge in [-0.25, -0.2) is 4.68 Å². The second-order valence-corrected chi connectivity index (χ2v) is 6.58. The first-order chi connectivity index (χ1) is 10.9. The molecule has 3 rings (SSSR count). The van der Waals surface area contributed by atoms with Crippen LogP contribution in [-0.4, -0.2) is 39.5 Å². The van der Waals surface area contributed by atoms with Gasteiger partial charge in [0.2, 0.25) is 0 Å². The van der Waals surface area contributed by atoms with Crippen LogP contribution in [0.3, 0.4) is 0 Å². The van der Waals surface area contributed by atoms with E-state index < -0.39 is 0 Å². The number of piperidine rings is 1. The van der Waals surface area contributed by atoms with Crippen molar-refractivity contribution in [3.63, 3.8) is 0 Å². The number of likely N-dealkylation sites (tertiary alicyclic amines) is 1. The van der Waals surface area contributed by atoms with Gasteiger partial charge in [-0.3, -0.25) is 0 Å². The number of nitrogens with zero attached hydrogens (tertiary/aromatic N) is 4. The fraction of sp³-hybridized carbons (Fsp3) is 0.667. The Kier molecular flexibility index (Phi) is 5.43. The molecular weight excluding hydrogens is 272 g/mol. The van der Waals surface area contributed by atoms with E-state index in [2.05, 4.69) is 34.3 Å². The molecule has 120 valence electrons. The molecule has 4 heteroatoms. The molecule has 0 radical (unpaired) electrons. The quantitative estimate of drug-likeness (QED) is 0.781. The molecule has 0 N–H and O–H groups in total. The fourth-order valence-corrected chi connectivity index (χ4v) is 3.52. The van der Waals surface area contributed by atoms with E-state index in [9.17, 15) is 0 Å². The molecule has 0 atom stereocenters. The predicted octanol–water partition coefficient (Wildman–Crippen LogP) is 3.72. The van der Waals surface area contributed by atoms with Crippen LogP contribution in [0.2, 0.25) is 0 Å². The van der Waals surface area contributed by atoms with Crippen molar-refractivity contribution in [1.82, 2.24) is 19.9 Å². The second-order valence-electron chi connectivity index (χ2n) is 6.58. The number of rotatable bonds is 7. The Bertz CT molecular complexity index is 569. The van der Waals surface area contributed by atoms with Gasteiger partial charge in [-0.2, -0.15) is 0 Å². The van der Waals surface area contributed by atoms with Crippen molar-refractivity contribution in [2.45, 2.75) is 52.0 Å². The van der Waals surface area contributed by atoms with Crippen LogP contribution in [0.5, 0.6) is 0 Å². The number of fused-ring (bicyclic) bond motifs is 1. The van der Waals surface area contributed by atoms with Crippen molar-refractivity contribution in [2.24, 2.45) is 5.92 Å². The average molecular weight is 300 g/mol. The van der Waals surface area contributed by atoms with E-state index in [1.165, 1.54) is 51.7 Å². The lowest BCUT2D eigenvalue weighted by atomic mass is 9.91. The van der Waals surface area contributed by atoms with Crippen LogP contribution in [-0.2, 0) is 6.54 Å². The molecule has 0 spiro atoms. The molecular formula is C18H28N4. The van der Waals surface area contributed by atoms with Crippen molar-refractivity contribution in [1.29, 1.82) is 0 Å². The fourth-order valence-electron chi connectivity index (χ4n) is 3.52. The van der Waals surface area contributed by atoms with Gasteiger partial charge in [0.15, 0.2) is 0 Å². The van der Waals surface area contributed by atoms with Crippen molar-refractivity contribution < 1.29 is 0 Å². The van der Waals surface area contributed by atoms with Crippen molar-refractivity contribution >= 4 is 11.0 Å². The van der Waals surface area contributed by atoms with Gasteiger partial charge in [0, 0.05) is 6.54 Å². The van der Waals surface area contributed by atoms with Crippen LogP contribution < -0.4 is 0 Å². The van der Waals surface area contributed by atoms with E-state index in [0.717, 1.165) is 29.9 Å². The molecule has 2 aromatic rings. The summed E-state index contributed by atoms with van der Waals surface area (Å²) in [5, 5.41) is 8.49. The molecule has 0 amide bonds. The highest BCUT2D eigenvalue weighted by Crippen LogP contribution is 2.22. The number of hydrogen-bond donors (Lipinski definition) is 0. The molecule has 1 saturated heterocycles. The SMILES string of the molecule is CCCCC1CCN(CCCn2nnc3ccccc32)CC1. The van der Waals surface area contributed by atoms with E-state index in [0.29, 0.717) is 0 Å². The first kappa shape index (κ1) is 15.5. The molecule has 1 aromatic carbocycles. The van der Waals surface area contributed by atoms with Gasteiger partial charge in [-0.15, -0.1) is 5.10 Å². The summed E-state index contributed by atoms with van der Waals surface area (Å²) in [5.74, 6) is 0.982. The summed E-state index contributed by atoms with van der Waals surface area (Å²) in [4.78, 5) is 2.63. The van der Waals surface area contributed by atoms with E-state index in [1.54, 1.807) is 0 Å². The molecule has 22 heavy (non-hydrogen) atoms. The van der Waals surface area contributed by atoms with E-state index in [1.807, 2.05) is 16.8 Å². The number of unbranched alkanes of at least 4 members (excludes halogenated alkanes) is 1. The van der Waals surface area contributed by atoms with Gasteiger partial charge in [0.1, 0.15) is 5.52 Å². The average Bonchev–Trinajstić information content (AvgIpc) is 2.98. The zero-order valence-electron chi connectivity index (χ0n) is 13.7. The highest BCUT2D eigenvalue weighted by atomic mass is 15.4. The van der Waals surface area contributed by atoms with E-state index in [-0.39, 0.29) is 0 Å². The summed E-state index contributed by atoms with van der Waals surface area (Å²) in [7, 11) is 0. The summed E-state index contributed by atoms with van der Waals surface area (Å²) in [6, 6.07) is 8.21. The van der Waals surface area contributed by atoms with Crippen LogP contribution in [0.4, 0.5) is 0 Å². The Morgan fingerprint density at radius 3 is 2.73 bits per heavy atom. The Morgan fingerprint density at radius 2 is 1.91 bits per heavy atom. The number of benzene rings is 1. The molecule has 1 fully saturated rings. The molecule has 0 unspecified atom stereocenters. The van der Waals surface area contributed by atoms with Crippen LogP contribution in [0.25, 0.3) is 11.0 Å². The van der Waals surface area contributed by atoms with E-state index >= 15 is 0 Å². The topological polar surface area (TPSA) is 34.0 Å². The van der Waals surface area contributed by atoms with Gasteiger partial charge in [0.05, 0.1) is 5.52 Å². The highest BCUT2D eigenvalue weighted by Gasteiger charge is 2.18. The lowest BCUT2D eigenvalue weighted by molar-refractivity contribution is 0.173. The molecule has 4 nitrogen and oxygen atoms in total. The number of para-hydroxylation sites is 1. The monoisotopic (exact) mass is 300 g/mol. The van der Waals surface area contributed by atoms with Crippen LogP contribution in [0.1, 0.15) is 45.4 Å². The summed E-state index contributed by atoms with van der Waals surface area (Å²) in [5.41, 5.74) is 2.15. The standard InChI is InChI=1S/C18H28N4/c1-2-3-7-16-10-14-21(15-11-16)12-6-13-22-18-9-5-4-8-17(18)19-20-22/h4-5,8-9,16H,2-3,6-7,10-15H2,1H3. The summed E-state index contributed by atoms with van der Waals surface area (Å²) in [6.45, 7) is 7.02. The Morgan fingerprint density at radius 1 is 1.09 bits per heavy atom. The molecule has 2 heterocycles. The molecule has 1 aromatic heterocycles. The van der Waals surface area contributed by atoms with Gasteiger partial charge in [-0.1, -0.05) is 43.5 Å². The minimum atomic E-state index is 0.969. The van der Waals surface area contributed by atoms with Gasteiger partial charge < -0.3 is 4.90 Å². The number of hydrogen-bond acceptors (Lipinski definition) is 3. The zero-order valence-corrected chi connectivity index (χ0v) is 13.7. The minimum absolute atomic E-state index is 0.969. The van der Waals surface area contributed by atoms with Crippen molar-refractivity contribution in [3.05, 3.63) is 24.3 Å². The first-order valence-corrected chi connectivity index (χ1v) is 8.87. The maximum atomic E-state index is 4.27. The predicted molar refractivity (Wildman–Crippen MR) is 90.8 cm³/mol. The Hall–Kier alpha value is -1.42. The van der Waals surface area contributed by atoms with Crippen LogP contribution in [0, 0.1) is 5.92 Å². The molecule has 1 aliphatic heterocycles. The number of aryl methyl sites for hydroxylation is 1. The summed E-state index contributed by atoms with van der Waals surface area (Å²) in [6.07, 6.45) is 8.14. The normalized spacial score (nSPS) is 17.3. The largest absolute Gasteiger partial charge is 0.303 e. The molecule has 0 saturated carbocycles. The van der Waals surface area contributed by atoms with Crippen LogP contribution >= 0.6 is 0 Å². The minimum Gasteiger partial charge on any atom is -0.303 e. The summed E-state index contributed by atoms with van der Waals surface area (Å²) < 4.78 is 2.04. The lowest BCUT2D eigenvalue weighted by Crippen LogP contribution is -2.34. The first-order valence-electron chi connectivity index (χ1n) is 8.87. The van der Waals surface area contributed by atoms with Gasteiger partial charge >= 0.3 is 0 Å². The van der Waals surface area contributed by atoms with Crippen molar-refractivity contribution in [2.75, 3.05) is 19.6 Å². The maximum absolute atomic E-state index is 4.27. The smallest absolute Gasteiger partial charge is 0.113 e. The third kappa shape index (κ3) is 3.86. The number of aromatic nitrogens is 3. The van der Waals surface area contributed by atoms with Crippen molar-refractivity contribution in [3.8, 4) is 0 Å².